The van der Waals surface area contributed by atoms with Gasteiger partial charge in [-0.2, -0.15) is 0 Å². The van der Waals surface area contributed by atoms with Gasteiger partial charge < -0.3 is 14.7 Å². The molecule has 1 saturated carbocycles. The molecule has 0 N–H and O–H groups in total. The number of rotatable bonds is 55. The lowest BCUT2D eigenvalue weighted by Gasteiger charge is -2.36. The van der Waals surface area contributed by atoms with E-state index in [-0.39, 0.29) is 0 Å². The van der Waals surface area contributed by atoms with Crippen LogP contribution in [-0.4, -0.2) is 98.1 Å². The zero-order valence-corrected chi connectivity index (χ0v) is 57.8. The van der Waals surface area contributed by atoms with Crippen molar-refractivity contribution < 1.29 is 0 Å². The van der Waals surface area contributed by atoms with Crippen molar-refractivity contribution in [1.82, 2.24) is 19.6 Å². The maximum absolute atomic E-state index is 2.83. The predicted octanol–water partition coefficient (Wildman–Crippen LogP) is 24.5. The molecule has 0 spiro atoms. The Bertz CT molecular complexity index is 1020. The summed E-state index contributed by atoms with van der Waals surface area (Å²) in [6.07, 6.45) is 71.8. The van der Waals surface area contributed by atoms with E-state index < -0.39 is 0 Å². The van der Waals surface area contributed by atoms with Gasteiger partial charge in [0.05, 0.1) is 0 Å². The molecule has 1 heterocycles. The van der Waals surface area contributed by atoms with Gasteiger partial charge in [0.15, 0.2) is 0 Å². The Morgan fingerprint density at radius 3 is 0.937 bits per heavy atom. The minimum absolute atomic E-state index is 1.12. The Labute approximate surface area is 504 Å². The predicted molar refractivity (Wildman–Crippen MR) is 367 cm³/mol. The molecule has 0 amide bonds. The van der Waals surface area contributed by atoms with E-state index in [0.29, 0.717) is 0 Å². The molecule has 4 nitrogen and oxygen atoms in total. The Kier molecular flexibility index (Phi) is 77.2. The number of likely N-dealkylation sites (N-methyl/N-ethyl adjacent to an activating group) is 1. The molecule has 2 rings (SSSR count). The zero-order chi connectivity index (χ0) is 58.6. The molecule has 2 unspecified atom stereocenters. The zero-order valence-electron chi connectivity index (χ0n) is 57.8. The largest absolute Gasteiger partial charge is 0.302 e. The summed E-state index contributed by atoms with van der Waals surface area (Å²) in [5, 5.41) is 0. The van der Waals surface area contributed by atoms with E-state index in [4.69, 9.17) is 0 Å². The summed E-state index contributed by atoms with van der Waals surface area (Å²) in [5.74, 6) is 2.26. The van der Waals surface area contributed by atoms with Gasteiger partial charge in [0.25, 0.3) is 0 Å². The molecule has 0 radical (unpaired) electrons. The fourth-order valence-electron chi connectivity index (χ4n) is 11.5. The Morgan fingerprint density at radius 1 is 0.291 bits per heavy atom. The third-order valence-electron chi connectivity index (χ3n) is 17.4. The van der Waals surface area contributed by atoms with E-state index in [1.807, 2.05) is 13.8 Å². The summed E-state index contributed by atoms with van der Waals surface area (Å²) in [7, 11) is 0. The lowest BCUT2D eigenvalue weighted by atomic mass is 10.1. The van der Waals surface area contributed by atoms with Crippen molar-refractivity contribution in [1.29, 1.82) is 0 Å². The van der Waals surface area contributed by atoms with Gasteiger partial charge in [0, 0.05) is 52.4 Å². The van der Waals surface area contributed by atoms with Crippen LogP contribution in [0.3, 0.4) is 0 Å². The van der Waals surface area contributed by atoms with Crippen molar-refractivity contribution in [3.8, 4) is 0 Å². The molecule has 0 bridgehead atoms. The van der Waals surface area contributed by atoms with E-state index in [0.717, 1.165) is 11.8 Å². The molecule has 2 aliphatic rings. The molecule has 0 aromatic rings. The Morgan fingerprint density at radius 2 is 0.595 bits per heavy atom. The van der Waals surface area contributed by atoms with E-state index >= 15 is 0 Å². The number of hydrogen-bond acceptors (Lipinski definition) is 4. The van der Waals surface area contributed by atoms with Crippen LogP contribution >= 0.6 is 0 Å². The van der Waals surface area contributed by atoms with Crippen LogP contribution in [-0.2, 0) is 0 Å². The van der Waals surface area contributed by atoms with Crippen LogP contribution in [0.4, 0.5) is 0 Å². The molecule has 478 valence electrons. The molecule has 79 heavy (non-hydrogen) atoms. The lowest BCUT2D eigenvalue weighted by Crippen LogP contribution is -2.49. The summed E-state index contributed by atoms with van der Waals surface area (Å²) >= 11 is 0. The average Bonchev–Trinajstić information content (AvgIpc) is 4.26. The third kappa shape index (κ3) is 66.6. The highest BCUT2D eigenvalue weighted by molar-refractivity contribution is 4.84. The van der Waals surface area contributed by atoms with E-state index in [1.165, 1.54) is 374 Å². The van der Waals surface area contributed by atoms with Crippen molar-refractivity contribution in [2.45, 2.75) is 385 Å². The summed E-state index contributed by atoms with van der Waals surface area (Å²) in [5.41, 5.74) is 0. The standard InChI is InChI=1S/C37H78N4.C13H26.C12H26.C11H22.C2H6/c1-5-9-11-13-15-17-19-21-23-25-28-40(29-26-24-22-20-18-16-14-12-10-6-2)32-30-38(8-4)31-33-41-36-34-39(27-7-3)35-37-41;1-3-5-7-9-11-13-12-10-8-6-4-2;1-3-5-7-9-11-12-10-8-6-4-2;1-3-5-6-7-8-11-9-10(11)4-2;1-2/h5-37H2,1-4H3;11,13H,3-10,12H2,1-2H3;3-12H2,1-2H3;10-11H,3-9H2,1-2H3;1-2H3/b;13-11-;;;. The minimum Gasteiger partial charge on any atom is -0.302 e. The second-order valence-electron chi connectivity index (χ2n) is 25.0. The maximum atomic E-state index is 2.83. The first kappa shape index (κ1) is 82.8. The number of piperazine rings is 1. The summed E-state index contributed by atoms with van der Waals surface area (Å²) < 4.78 is 0. The van der Waals surface area contributed by atoms with Crippen LogP contribution in [0.5, 0.6) is 0 Å². The highest BCUT2D eigenvalue weighted by Gasteiger charge is 2.33. The van der Waals surface area contributed by atoms with Crippen molar-refractivity contribution in [3.63, 3.8) is 0 Å². The molecule has 1 aliphatic carbocycles. The molecule has 2 atom stereocenters. The minimum atomic E-state index is 1.12. The van der Waals surface area contributed by atoms with Gasteiger partial charge in [0.1, 0.15) is 0 Å². The fourth-order valence-corrected chi connectivity index (χ4v) is 11.5. The number of allylic oxidation sites excluding steroid dienone is 2. The van der Waals surface area contributed by atoms with Gasteiger partial charge >= 0.3 is 0 Å². The van der Waals surface area contributed by atoms with Gasteiger partial charge in [-0.15, -0.1) is 0 Å². The first-order valence-electron chi connectivity index (χ1n) is 37.5. The fraction of sp³-hybridized carbons (Fsp3) is 0.973. The molecule has 1 saturated heterocycles. The van der Waals surface area contributed by atoms with E-state index in [9.17, 15) is 0 Å². The number of hydrogen-bond donors (Lipinski definition) is 0. The van der Waals surface area contributed by atoms with Crippen molar-refractivity contribution in [2.24, 2.45) is 11.8 Å². The highest BCUT2D eigenvalue weighted by atomic mass is 15.3. The third-order valence-corrected chi connectivity index (χ3v) is 17.4. The van der Waals surface area contributed by atoms with Gasteiger partial charge in [-0.05, 0) is 89.4 Å². The van der Waals surface area contributed by atoms with Crippen molar-refractivity contribution in [3.05, 3.63) is 12.2 Å². The molecule has 4 heteroatoms. The van der Waals surface area contributed by atoms with E-state index in [1.54, 1.807) is 6.42 Å². The summed E-state index contributed by atoms with van der Waals surface area (Å²) in [6, 6.07) is 0. The lowest BCUT2D eigenvalue weighted by molar-refractivity contribution is 0.116. The van der Waals surface area contributed by atoms with Crippen molar-refractivity contribution in [2.75, 3.05) is 78.5 Å². The molecular formula is C75H158N4. The highest BCUT2D eigenvalue weighted by Crippen LogP contribution is 2.44. The quantitative estimate of drug-likeness (QED) is 0.0444. The van der Waals surface area contributed by atoms with Gasteiger partial charge in [0.2, 0.25) is 0 Å². The van der Waals surface area contributed by atoms with Crippen LogP contribution in [0.25, 0.3) is 0 Å². The second kappa shape index (κ2) is 73.7. The molecule has 1 aliphatic heterocycles. The van der Waals surface area contributed by atoms with Crippen LogP contribution in [0, 0.1) is 11.8 Å². The summed E-state index contributed by atoms with van der Waals surface area (Å²) in [6.45, 7) is 42.2. The van der Waals surface area contributed by atoms with Gasteiger partial charge in [-0.1, -0.05) is 346 Å². The average molecular weight is 1120 g/mol. The summed E-state index contributed by atoms with van der Waals surface area (Å²) in [4.78, 5) is 10.9. The number of nitrogens with zero attached hydrogens (tertiary/aromatic N) is 4. The first-order chi connectivity index (χ1) is 38.9. The smallest absolute Gasteiger partial charge is 0.0110 e. The van der Waals surface area contributed by atoms with Crippen LogP contribution in [0.15, 0.2) is 12.2 Å². The van der Waals surface area contributed by atoms with Gasteiger partial charge in [-0.25, -0.2) is 0 Å². The normalized spacial score (nSPS) is 15.4. The SMILES string of the molecule is CC.CCCCC/C=C\CCCCCC.CCCCCCC1CC1CC.CCCCCCCCCCCC.CCCCCCCCCCCCN(CCCCCCCCCCCC)CCN(CC)CCN1CCN(CCC)CC1. The Hall–Kier alpha value is -0.420. The van der Waals surface area contributed by atoms with Crippen LogP contribution < -0.4 is 0 Å². The molecule has 0 aromatic heterocycles. The first-order valence-corrected chi connectivity index (χ1v) is 37.5. The van der Waals surface area contributed by atoms with Crippen molar-refractivity contribution >= 4 is 0 Å². The topological polar surface area (TPSA) is 13.0 Å². The maximum Gasteiger partial charge on any atom is 0.0110 e. The van der Waals surface area contributed by atoms with Crippen LogP contribution in [0.1, 0.15) is 385 Å². The monoisotopic (exact) mass is 1120 g/mol. The van der Waals surface area contributed by atoms with Crippen LogP contribution in [0.2, 0.25) is 0 Å². The molecule has 0 aromatic carbocycles. The van der Waals surface area contributed by atoms with E-state index in [2.05, 4.69) is 101 Å². The molecule has 2 fully saturated rings. The number of unbranched alkanes of at least 4 members (excludes halogenated alkanes) is 37. The Balaban J connectivity index is -0.00000122. The van der Waals surface area contributed by atoms with Gasteiger partial charge in [-0.3, -0.25) is 4.90 Å². The molecular weight excluding hydrogens is 957 g/mol. The second-order valence-corrected chi connectivity index (χ2v) is 25.0.